The van der Waals surface area contributed by atoms with Crippen LogP contribution in [0.4, 0.5) is 0 Å². The highest BCUT2D eigenvalue weighted by Crippen LogP contribution is 2.44. The van der Waals surface area contributed by atoms with E-state index in [0.29, 0.717) is 17.5 Å². The zero-order chi connectivity index (χ0) is 37.5. The van der Waals surface area contributed by atoms with E-state index in [9.17, 15) is 0 Å². The highest BCUT2D eigenvalue weighted by atomic mass is 16.3. The normalized spacial score (nSPS) is 11.9. The first-order valence-corrected chi connectivity index (χ1v) is 18.9. The fraction of sp³-hybridized carbons (Fsp3) is 0. The minimum atomic E-state index is 0.534. The SMILES string of the molecule is c1ccc(-c2nc(-c3ccc4c(c3)oc3cccc(-c5ccccc5-c5cccc6c5oc5ccccc56)c34)nc(-c3cccc4c3oc3ccccc34)n2)cc1. The third-order valence-electron chi connectivity index (χ3n) is 11.0. The van der Waals surface area contributed by atoms with Crippen LogP contribution < -0.4 is 0 Å². The lowest BCUT2D eigenvalue weighted by Crippen LogP contribution is -2.00. The highest BCUT2D eigenvalue weighted by Gasteiger charge is 2.21. The summed E-state index contributed by atoms with van der Waals surface area (Å²) in [6.07, 6.45) is 0. The second-order valence-corrected chi connectivity index (χ2v) is 14.3. The number of hydrogen-bond donors (Lipinski definition) is 0. The standard InChI is InChI=1S/C51H29N3O3/c1-2-13-30(14-3-1)49-52-50(54-51(53-49)41-23-11-22-39-35-18-7-9-25-43(35)57-48(39)41)31-27-28-40-45(29-31)55-44-26-12-19-36(46(40)44)32-15-4-5-16-33(32)37-20-10-21-38-34-17-6-8-24-42(34)56-47(37)38/h1-29H. The fourth-order valence-corrected chi connectivity index (χ4v) is 8.37. The van der Waals surface area contributed by atoms with E-state index in [0.717, 1.165) is 105 Å². The molecule has 6 nitrogen and oxygen atoms in total. The van der Waals surface area contributed by atoms with Gasteiger partial charge in [0, 0.05) is 49.0 Å². The topological polar surface area (TPSA) is 78.1 Å². The van der Waals surface area contributed by atoms with Crippen molar-refractivity contribution in [1.29, 1.82) is 0 Å². The molecule has 266 valence electrons. The van der Waals surface area contributed by atoms with Gasteiger partial charge in [-0.3, -0.25) is 0 Å². The number of aromatic nitrogens is 3. The van der Waals surface area contributed by atoms with Gasteiger partial charge in [-0.05, 0) is 53.1 Å². The smallest absolute Gasteiger partial charge is 0.167 e. The largest absolute Gasteiger partial charge is 0.456 e. The first-order chi connectivity index (χ1) is 28.2. The van der Waals surface area contributed by atoms with E-state index in [4.69, 9.17) is 28.2 Å². The van der Waals surface area contributed by atoms with E-state index in [1.807, 2.05) is 84.9 Å². The molecule has 6 heteroatoms. The molecule has 0 spiro atoms. The molecule has 0 bridgehead atoms. The number of furan rings is 3. The number of nitrogens with zero attached hydrogens (tertiary/aromatic N) is 3. The van der Waals surface area contributed by atoms with Crippen LogP contribution in [0.3, 0.4) is 0 Å². The number of benzene rings is 8. The van der Waals surface area contributed by atoms with Crippen LogP contribution in [0.2, 0.25) is 0 Å². The molecule has 0 saturated carbocycles. The number of hydrogen-bond acceptors (Lipinski definition) is 6. The van der Waals surface area contributed by atoms with Gasteiger partial charge in [0.15, 0.2) is 17.5 Å². The van der Waals surface area contributed by atoms with Gasteiger partial charge in [-0.15, -0.1) is 0 Å². The fourth-order valence-electron chi connectivity index (χ4n) is 8.37. The van der Waals surface area contributed by atoms with Gasteiger partial charge in [-0.1, -0.05) is 140 Å². The molecule has 0 N–H and O–H groups in total. The Balaban J connectivity index is 1.03. The van der Waals surface area contributed by atoms with Crippen molar-refractivity contribution < 1.29 is 13.3 Å². The summed E-state index contributed by atoms with van der Waals surface area (Å²) < 4.78 is 19.6. The molecule has 0 radical (unpaired) electrons. The van der Waals surface area contributed by atoms with E-state index >= 15 is 0 Å². The summed E-state index contributed by atoms with van der Waals surface area (Å²) in [5.74, 6) is 1.65. The van der Waals surface area contributed by atoms with Gasteiger partial charge in [-0.25, -0.2) is 15.0 Å². The average Bonchev–Trinajstić information content (AvgIpc) is 3.98. The van der Waals surface area contributed by atoms with Crippen molar-refractivity contribution in [3.05, 3.63) is 176 Å². The van der Waals surface area contributed by atoms with E-state index in [1.165, 1.54) is 0 Å². The van der Waals surface area contributed by atoms with Gasteiger partial charge < -0.3 is 13.3 Å². The molecule has 0 aliphatic rings. The maximum Gasteiger partial charge on any atom is 0.167 e. The van der Waals surface area contributed by atoms with Crippen molar-refractivity contribution in [2.24, 2.45) is 0 Å². The molecular formula is C51H29N3O3. The number of rotatable bonds is 5. The second kappa shape index (κ2) is 12.3. The zero-order valence-corrected chi connectivity index (χ0v) is 30.3. The molecule has 0 fully saturated rings. The summed E-state index contributed by atoms with van der Waals surface area (Å²) in [6.45, 7) is 0. The molecule has 8 aromatic carbocycles. The molecule has 0 amide bonds. The molecular weight excluding hydrogens is 703 g/mol. The van der Waals surface area contributed by atoms with E-state index < -0.39 is 0 Å². The monoisotopic (exact) mass is 731 g/mol. The Morgan fingerprint density at radius 1 is 0.281 bits per heavy atom. The minimum absolute atomic E-state index is 0.534. The lowest BCUT2D eigenvalue weighted by atomic mass is 9.91. The average molecular weight is 732 g/mol. The Morgan fingerprint density at radius 2 is 0.789 bits per heavy atom. The van der Waals surface area contributed by atoms with E-state index in [1.54, 1.807) is 0 Å². The summed E-state index contributed by atoms with van der Waals surface area (Å²) in [5, 5.41) is 6.33. The highest BCUT2D eigenvalue weighted by molar-refractivity contribution is 6.16. The Labute approximate surface area is 325 Å². The molecule has 0 aliphatic carbocycles. The van der Waals surface area contributed by atoms with E-state index in [-0.39, 0.29) is 0 Å². The quantitative estimate of drug-likeness (QED) is 0.175. The molecule has 12 aromatic rings. The summed E-state index contributed by atoms with van der Waals surface area (Å²) in [4.78, 5) is 15.1. The van der Waals surface area contributed by atoms with Gasteiger partial charge in [0.05, 0.1) is 5.56 Å². The molecule has 4 heterocycles. The van der Waals surface area contributed by atoms with Crippen LogP contribution in [-0.4, -0.2) is 15.0 Å². The molecule has 0 unspecified atom stereocenters. The van der Waals surface area contributed by atoms with Crippen LogP contribution >= 0.6 is 0 Å². The van der Waals surface area contributed by atoms with Gasteiger partial charge in [0.2, 0.25) is 0 Å². The maximum atomic E-state index is 6.65. The van der Waals surface area contributed by atoms with E-state index in [2.05, 4.69) is 91.0 Å². The number of para-hydroxylation sites is 4. The second-order valence-electron chi connectivity index (χ2n) is 14.3. The predicted octanol–water partition coefficient (Wildman–Crippen LogP) is 13.9. The first kappa shape index (κ1) is 31.5. The van der Waals surface area contributed by atoms with Crippen molar-refractivity contribution >= 4 is 65.8 Å². The third kappa shape index (κ3) is 4.94. The van der Waals surface area contributed by atoms with Crippen molar-refractivity contribution in [1.82, 2.24) is 15.0 Å². The van der Waals surface area contributed by atoms with Crippen LogP contribution in [0.25, 0.3) is 122 Å². The summed E-state index contributed by atoms with van der Waals surface area (Å²) in [6, 6.07) is 59.8. The maximum absolute atomic E-state index is 6.65. The summed E-state index contributed by atoms with van der Waals surface area (Å²) in [7, 11) is 0. The molecule has 0 aliphatic heterocycles. The lowest BCUT2D eigenvalue weighted by Gasteiger charge is -2.12. The molecule has 12 rings (SSSR count). The lowest BCUT2D eigenvalue weighted by molar-refractivity contribution is 0.668. The van der Waals surface area contributed by atoms with Crippen molar-refractivity contribution in [2.75, 3.05) is 0 Å². The van der Waals surface area contributed by atoms with Crippen molar-refractivity contribution in [3.8, 4) is 56.4 Å². The Morgan fingerprint density at radius 3 is 1.53 bits per heavy atom. The van der Waals surface area contributed by atoms with Gasteiger partial charge in [0.25, 0.3) is 0 Å². The molecule has 0 atom stereocenters. The van der Waals surface area contributed by atoms with Crippen molar-refractivity contribution in [3.63, 3.8) is 0 Å². The zero-order valence-electron chi connectivity index (χ0n) is 30.3. The Bertz CT molecular complexity index is 3540. The van der Waals surface area contributed by atoms with Crippen LogP contribution in [0.5, 0.6) is 0 Å². The summed E-state index contributed by atoms with van der Waals surface area (Å²) >= 11 is 0. The molecule has 57 heavy (non-hydrogen) atoms. The molecule has 0 saturated heterocycles. The third-order valence-corrected chi connectivity index (χ3v) is 11.0. The van der Waals surface area contributed by atoms with Crippen LogP contribution in [0.1, 0.15) is 0 Å². The Kier molecular flexibility index (Phi) is 6.83. The van der Waals surface area contributed by atoms with Crippen molar-refractivity contribution in [2.45, 2.75) is 0 Å². The minimum Gasteiger partial charge on any atom is -0.456 e. The Hall–Kier alpha value is -7.83. The van der Waals surface area contributed by atoms with Crippen LogP contribution in [-0.2, 0) is 0 Å². The molecule has 4 aromatic heterocycles. The van der Waals surface area contributed by atoms with Gasteiger partial charge >= 0.3 is 0 Å². The van der Waals surface area contributed by atoms with Gasteiger partial charge in [0.1, 0.15) is 33.5 Å². The van der Waals surface area contributed by atoms with Gasteiger partial charge in [-0.2, -0.15) is 0 Å². The summed E-state index contributed by atoms with van der Waals surface area (Å²) in [5.41, 5.74) is 11.7. The first-order valence-electron chi connectivity index (χ1n) is 18.9. The van der Waals surface area contributed by atoms with Crippen LogP contribution in [0, 0.1) is 0 Å². The van der Waals surface area contributed by atoms with Crippen LogP contribution in [0.15, 0.2) is 189 Å². The predicted molar refractivity (Wildman–Crippen MR) is 229 cm³/mol. The number of fused-ring (bicyclic) bond motifs is 9.